The number of hydrogen-bond donors (Lipinski definition) is 2. The van der Waals surface area contributed by atoms with Crippen LogP contribution in [0.3, 0.4) is 0 Å². The van der Waals surface area contributed by atoms with Gasteiger partial charge in [-0.15, -0.1) is 0 Å². The van der Waals surface area contributed by atoms with Crippen molar-refractivity contribution in [3.63, 3.8) is 0 Å². The number of nitrogens with zero attached hydrogens (tertiary/aromatic N) is 2. The predicted molar refractivity (Wildman–Crippen MR) is 171 cm³/mol. The Bertz CT molecular complexity index is 1600. The van der Waals surface area contributed by atoms with E-state index in [1.807, 2.05) is 57.2 Å². The molecule has 3 aromatic carbocycles. The summed E-state index contributed by atoms with van der Waals surface area (Å²) in [5, 5.41) is 28.4. The molecule has 0 aliphatic heterocycles. The van der Waals surface area contributed by atoms with Crippen LogP contribution in [-0.2, 0) is 13.2 Å². The zero-order valence-corrected chi connectivity index (χ0v) is 26.2. The van der Waals surface area contributed by atoms with Crippen LogP contribution in [0.5, 0.6) is 17.2 Å². The van der Waals surface area contributed by atoms with E-state index in [1.165, 1.54) is 12.3 Å². The molecule has 0 bridgehead atoms. The normalized spacial score (nSPS) is 10.4. The molecule has 4 rings (SSSR count). The molecule has 8 nitrogen and oxygen atoms in total. The molecule has 44 heavy (non-hydrogen) atoms. The first-order valence-corrected chi connectivity index (χ1v) is 14.7. The number of carbonyl (C=O) groups is 1. The number of ether oxygens (including phenoxy) is 3. The molecule has 1 aromatic heterocycles. The van der Waals surface area contributed by atoms with Gasteiger partial charge < -0.3 is 24.4 Å². The Morgan fingerprint density at radius 2 is 1.61 bits per heavy atom. The summed E-state index contributed by atoms with van der Waals surface area (Å²) in [5.74, 6) is 0.663. The van der Waals surface area contributed by atoms with Crippen LogP contribution in [0.25, 0.3) is 11.1 Å². The minimum absolute atomic E-state index is 0.0930. The van der Waals surface area contributed by atoms with Gasteiger partial charge in [0.25, 0.3) is 0 Å². The Labute approximate surface area is 267 Å². The molecule has 0 saturated carbocycles. The topological polar surface area (TPSA) is 122 Å². The van der Waals surface area contributed by atoms with Crippen LogP contribution in [0.15, 0.2) is 67.0 Å². The summed E-state index contributed by atoms with van der Waals surface area (Å²) in [4.78, 5) is 15.7. The zero-order valence-electron chi connectivity index (χ0n) is 24.7. The highest BCUT2D eigenvalue weighted by Crippen LogP contribution is 2.38. The quantitative estimate of drug-likeness (QED) is 0.148. The van der Waals surface area contributed by atoms with E-state index in [-0.39, 0.29) is 49.4 Å². The van der Waals surface area contributed by atoms with Crippen molar-refractivity contribution in [2.24, 2.45) is 5.92 Å². The maximum atomic E-state index is 11.7. The number of aliphatic hydroxyl groups excluding tert-OH is 2. The van der Waals surface area contributed by atoms with Crippen molar-refractivity contribution in [3.8, 4) is 34.4 Å². The van der Waals surface area contributed by atoms with Crippen LogP contribution in [0, 0.1) is 24.2 Å². The van der Waals surface area contributed by atoms with Gasteiger partial charge >= 0.3 is 0 Å². The van der Waals surface area contributed by atoms with E-state index in [9.17, 15) is 15.0 Å². The van der Waals surface area contributed by atoms with Gasteiger partial charge in [-0.2, -0.15) is 5.26 Å². The average Bonchev–Trinajstić information content (AvgIpc) is 3.06. The minimum atomic E-state index is -0.406. The number of nitriles is 1. The smallest absolute Gasteiger partial charge is 0.153 e. The maximum Gasteiger partial charge on any atom is 0.153 e. The fourth-order valence-electron chi connectivity index (χ4n) is 4.15. The molecule has 10 heteroatoms. The molecule has 0 aliphatic carbocycles. The third-order valence-corrected chi connectivity index (χ3v) is 7.27. The maximum absolute atomic E-state index is 11.7. The molecule has 0 amide bonds. The van der Waals surface area contributed by atoms with Crippen molar-refractivity contribution in [2.75, 3.05) is 19.8 Å². The Kier molecular flexibility index (Phi) is 13.5. The number of benzene rings is 3. The Morgan fingerprint density at radius 1 is 0.909 bits per heavy atom. The third-order valence-electron chi connectivity index (χ3n) is 6.58. The van der Waals surface area contributed by atoms with Gasteiger partial charge in [0.1, 0.15) is 36.5 Å². The van der Waals surface area contributed by atoms with Crippen molar-refractivity contribution in [1.29, 1.82) is 5.26 Å². The SMILES string of the molecule is CC.Cc1c(COc2cc(OCc3cncc(C#N)c3)c(C=O)cc2Cl)cccc1-c1cccc(OCC(CO)CO)c1Cl. The van der Waals surface area contributed by atoms with Crippen LogP contribution in [0.1, 0.15) is 46.5 Å². The highest BCUT2D eigenvalue weighted by Gasteiger charge is 2.16. The van der Waals surface area contributed by atoms with Gasteiger partial charge in [-0.05, 0) is 41.8 Å². The summed E-state index contributed by atoms with van der Waals surface area (Å²) in [5.41, 5.74) is 4.79. The Balaban J connectivity index is 0.00000259. The van der Waals surface area contributed by atoms with Gasteiger partial charge in [-0.1, -0.05) is 67.4 Å². The molecule has 230 valence electrons. The van der Waals surface area contributed by atoms with E-state index in [0.717, 1.165) is 22.3 Å². The van der Waals surface area contributed by atoms with Crippen LogP contribution >= 0.6 is 23.2 Å². The summed E-state index contributed by atoms with van der Waals surface area (Å²) >= 11 is 13.1. The van der Waals surface area contributed by atoms with Gasteiger partial charge in [0.2, 0.25) is 0 Å². The number of hydrogen-bond acceptors (Lipinski definition) is 8. The van der Waals surface area contributed by atoms with E-state index in [1.54, 1.807) is 24.4 Å². The lowest BCUT2D eigenvalue weighted by atomic mass is 9.96. The van der Waals surface area contributed by atoms with E-state index >= 15 is 0 Å². The van der Waals surface area contributed by atoms with Crippen molar-refractivity contribution in [1.82, 2.24) is 4.98 Å². The summed E-state index contributed by atoms with van der Waals surface area (Å²) in [6.45, 7) is 5.96. The second-order valence-corrected chi connectivity index (χ2v) is 10.2. The molecular formula is C34H34Cl2N2O6. The number of halogens is 2. The first-order chi connectivity index (χ1) is 21.4. The molecule has 2 N–H and O–H groups in total. The molecule has 0 unspecified atom stereocenters. The van der Waals surface area contributed by atoms with E-state index in [0.29, 0.717) is 33.9 Å². The second-order valence-electron chi connectivity index (χ2n) is 9.46. The zero-order chi connectivity index (χ0) is 32.1. The molecule has 0 radical (unpaired) electrons. The standard InChI is InChI=1S/C32H28Cl2N2O6.C2H6/c1-20-24(4-2-5-26(20)27-6-3-7-29(32(27)34)40-18-23(14-37)15-38)19-42-31-10-30(25(16-39)9-28(31)33)41-17-22-8-21(11-35)12-36-13-22;1-2/h2-10,12-13,16,23,37-38H,14-15,17-19H2,1H3;1-2H3. The molecule has 0 fully saturated rings. The van der Waals surface area contributed by atoms with Crippen molar-refractivity contribution in [2.45, 2.75) is 34.0 Å². The van der Waals surface area contributed by atoms with Gasteiger partial charge in [-0.25, -0.2) is 0 Å². The number of pyridine rings is 1. The summed E-state index contributed by atoms with van der Waals surface area (Å²) in [7, 11) is 0. The first-order valence-electron chi connectivity index (χ1n) is 14.0. The lowest BCUT2D eigenvalue weighted by molar-refractivity contribution is 0.106. The van der Waals surface area contributed by atoms with Crippen molar-refractivity contribution < 1.29 is 29.2 Å². The largest absolute Gasteiger partial charge is 0.492 e. The third kappa shape index (κ3) is 8.71. The molecule has 0 aliphatic rings. The van der Waals surface area contributed by atoms with Crippen LogP contribution in [-0.4, -0.2) is 41.3 Å². The monoisotopic (exact) mass is 636 g/mol. The molecule has 0 saturated heterocycles. The molecule has 4 aromatic rings. The van der Waals surface area contributed by atoms with E-state index in [2.05, 4.69) is 4.98 Å². The Morgan fingerprint density at radius 3 is 2.32 bits per heavy atom. The number of aldehydes is 1. The minimum Gasteiger partial charge on any atom is -0.492 e. The first kappa shape index (κ1) is 34.4. The van der Waals surface area contributed by atoms with Gasteiger partial charge in [0.05, 0.1) is 41.0 Å². The number of aliphatic hydroxyl groups is 2. The lowest BCUT2D eigenvalue weighted by Gasteiger charge is -2.18. The highest BCUT2D eigenvalue weighted by molar-refractivity contribution is 6.35. The van der Waals surface area contributed by atoms with Crippen LogP contribution < -0.4 is 14.2 Å². The van der Waals surface area contributed by atoms with E-state index in [4.69, 9.17) is 42.7 Å². The molecule has 1 heterocycles. The van der Waals surface area contributed by atoms with Crippen molar-refractivity contribution in [3.05, 3.63) is 105 Å². The molecule has 0 spiro atoms. The van der Waals surface area contributed by atoms with Crippen molar-refractivity contribution >= 4 is 29.5 Å². The molecular weight excluding hydrogens is 603 g/mol. The Hall–Kier alpha value is -4.13. The fourth-order valence-corrected chi connectivity index (χ4v) is 4.66. The number of rotatable bonds is 13. The molecule has 0 atom stereocenters. The van der Waals surface area contributed by atoms with E-state index < -0.39 is 5.92 Å². The summed E-state index contributed by atoms with van der Waals surface area (Å²) < 4.78 is 17.7. The fraction of sp³-hybridized carbons (Fsp3) is 0.265. The summed E-state index contributed by atoms with van der Waals surface area (Å²) in [6, 6.07) is 18.0. The van der Waals surface area contributed by atoms with Crippen LogP contribution in [0.2, 0.25) is 10.0 Å². The van der Waals surface area contributed by atoms with Gasteiger partial charge in [0.15, 0.2) is 6.29 Å². The lowest BCUT2D eigenvalue weighted by Crippen LogP contribution is -2.19. The second kappa shape index (κ2) is 17.2. The average molecular weight is 638 g/mol. The number of aromatic nitrogens is 1. The number of carbonyl (C=O) groups excluding carboxylic acids is 1. The van der Waals surface area contributed by atoms with Gasteiger partial charge in [-0.3, -0.25) is 9.78 Å². The summed E-state index contributed by atoms with van der Waals surface area (Å²) in [6.07, 6.45) is 3.69. The van der Waals surface area contributed by atoms with Crippen LogP contribution in [0.4, 0.5) is 0 Å². The predicted octanol–water partition coefficient (Wildman–Crippen LogP) is 7.21. The van der Waals surface area contributed by atoms with Gasteiger partial charge in [0, 0.05) is 35.5 Å². The highest BCUT2D eigenvalue weighted by atomic mass is 35.5.